The molecule has 9 heteroatoms. The van der Waals surface area contributed by atoms with E-state index in [1.165, 1.54) is 0 Å². The highest BCUT2D eigenvalue weighted by atomic mass is 35.5. The van der Waals surface area contributed by atoms with Gasteiger partial charge < -0.3 is 10.6 Å². The number of nitrogens with zero attached hydrogens (tertiary/aromatic N) is 3. The van der Waals surface area contributed by atoms with E-state index in [1.807, 2.05) is 0 Å². The van der Waals surface area contributed by atoms with Crippen LogP contribution in [-0.4, -0.2) is 44.5 Å². The summed E-state index contributed by atoms with van der Waals surface area (Å²) in [4.78, 5) is 25.5. The molecule has 1 aromatic heterocycles. The van der Waals surface area contributed by atoms with Crippen molar-refractivity contribution in [3.63, 3.8) is 0 Å². The van der Waals surface area contributed by atoms with Crippen molar-refractivity contribution < 1.29 is 9.59 Å². The first kappa shape index (κ1) is 20.3. The van der Waals surface area contributed by atoms with Crippen molar-refractivity contribution in [1.82, 2.24) is 31.3 Å². The number of aromatic nitrogens is 4. The van der Waals surface area contributed by atoms with Gasteiger partial charge in [-0.05, 0) is 37.5 Å². The summed E-state index contributed by atoms with van der Waals surface area (Å²) in [5.41, 5.74) is 0.437. The predicted octanol–water partition coefficient (Wildman–Crippen LogP) is 2.59. The molecule has 1 saturated carbocycles. The van der Waals surface area contributed by atoms with Gasteiger partial charge in [-0.1, -0.05) is 49.1 Å². The molecule has 3 atom stereocenters. The SMILES string of the molecule is CCCC[C@H](NC(=O)c1cccc(Cl)c1)C(=O)N[C@H]1CCC[C@H]1c1nn[nH]n1. The fourth-order valence-corrected chi connectivity index (χ4v) is 3.79. The lowest BCUT2D eigenvalue weighted by Crippen LogP contribution is -2.50. The molecule has 1 aliphatic carbocycles. The molecule has 1 heterocycles. The number of unbranched alkanes of at least 4 members (excludes halogenated alkanes) is 1. The Labute approximate surface area is 168 Å². The zero-order chi connectivity index (χ0) is 19.9. The molecule has 28 heavy (non-hydrogen) atoms. The van der Waals surface area contributed by atoms with Gasteiger partial charge in [-0.2, -0.15) is 5.21 Å². The Hall–Kier alpha value is -2.48. The van der Waals surface area contributed by atoms with E-state index in [-0.39, 0.29) is 23.8 Å². The molecule has 1 fully saturated rings. The minimum atomic E-state index is -0.599. The number of hydrogen-bond acceptors (Lipinski definition) is 5. The summed E-state index contributed by atoms with van der Waals surface area (Å²) < 4.78 is 0. The van der Waals surface area contributed by atoms with Crippen LogP contribution < -0.4 is 10.6 Å². The minimum absolute atomic E-state index is 0.0400. The van der Waals surface area contributed by atoms with Crippen molar-refractivity contribution in [2.45, 2.75) is 63.5 Å². The van der Waals surface area contributed by atoms with E-state index in [9.17, 15) is 9.59 Å². The van der Waals surface area contributed by atoms with Gasteiger partial charge in [0.25, 0.3) is 5.91 Å². The van der Waals surface area contributed by atoms with E-state index in [0.29, 0.717) is 22.8 Å². The predicted molar refractivity (Wildman–Crippen MR) is 105 cm³/mol. The third-order valence-electron chi connectivity index (χ3n) is 5.09. The molecule has 8 nitrogen and oxygen atoms in total. The topological polar surface area (TPSA) is 113 Å². The first-order chi connectivity index (χ1) is 13.6. The smallest absolute Gasteiger partial charge is 0.251 e. The van der Waals surface area contributed by atoms with Gasteiger partial charge in [0.05, 0.1) is 0 Å². The van der Waals surface area contributed by atoms with Crippen LogP contribution in [0.25, 0.3) is 0 Å². The van der Waals surface area contributed by atoms with E-state index in [0.717, 1.165) is 32.1 Å². The normalized spacial score (nSPS) is 19.9. The van der Waals surface area contributed by atoms with Crippen LogP contribution in [0.2, 0.25) is 5.02 Å². The van der Waals surface area contributed by atoms with E-state index in [4.69, 9.17) is 11.6 Å². The molecule has 150 valence electrons. The third kappa shape index (κ3) is 5.07. The molecule has 1 aliphatic rings. The van der Waals surface area contributed by atoms with Gasteiger partial charge in [-0.15, -0.1) is 10.2 Å². The van der Waals surface area contributed by atoms with E-state index < -0.39 is 6.04 Å². The number of carbonyl (C=O) groups excluding carboxylic acids is 2. The Morgan fingerprint density at radius 2 is 2.21 bits per heavy atom. The number of benzene rings is 1. The van der Waals surface area contributed by atoms with Gasteiger partial charge >= 0.3 is 0 Å². The summed E-state index contributed by atoms with van der Waals surface area (Å²) >= 11 is 5.97. The van der Waals surface area contributed by atoms with Crippen molar-refractivity contribution in [1.29, 1.82) is 0 Å². The standard InChI is InChI=1S/C19H25ClN6O2/c1-2-3-9-16(22-18(27)12-6-4-7-13(20)11-12)19(28)21-15-10-5-8-14(15)17-23-25-26-24-17/h4,6-7,11,14-16H,2-3,5,8-10H2,1H3,(H,21,28)(H,22,27)(H,23,24,25,26)/t14-,15+,16+/m1/s1. The highest BCUT2D eigenvalue weighted by molar-refractivity contribution is 6.31. The maximum Gasteiger partial charge on any atom is 0.251 e. The van der Waals surface area contributed by atoms with Gasteiger partial charge in [0.1, 0.15) is 6.04 Å². The average molecular weight is 405 g/mol. The Morgan fingerprint density at radius 1 is 1.36 bits per heavy atom. The number of rotatable bonds is 8. The van der Waals surface area contributed by atoms with Crippen molar-refractivity contribution in [3.05, 3.63) is 40.7 Å². The van der Waals surface area contributed by atoms with Gasteiger partial charge in [0, 0.05) is 22.5 Å². The number of halogens is 1. The lowest BCUT2D eigenvalue weighted by molar-refractivity contribution is -0.124. The number of H-pyrrole nitrogens is 1. The first-order valence-corrected chi connectivity index (χ1v) is 10.1. The van der Waals surface area contributed by atoms with Crippen LogP contribution in [0.3, 0.4) is 0 Å². The Morgan fingerprint density at radius 3 is 2.93 bits per heavy atom. The molecule has 0 spiro atoms. The summed E-state index contributed by atoms with van der Waals surface area (Å²) in [6.07, 6.45) is 5.10. The van der Waals surface area contributed by atoms with E-state index >= 15 is 0 Å². The van der Waals surface area contributed by atoms with Crippen LogP contribution in [0.4, 0.5) is 0 Å². The van der Waals surface area contributed by atoms with Crippen LogP contribution in [0.15, 0.2) is 24.3 Å². The third-order valence-corrected chi connectivity index (χ3v) is 5.33. The summed E-state index contributed by atoms with van der Waals surface area (Å²) in [7, 11) is 0. The highest BCUT2D eigenvalue weighted by Gasteiger charge is 2.34. The number of aromatic amines is 1. The largest absolute Gasteiger partial charge is 0.351 e. The quantitative estimate of drug-likeness (QED) is 0.625. The monoisotopic (exact) mass is 404 g/mol. The van der Waals surface area contributed by atoms with Crippen molar-refractivity contribution in [2.75, 3.05) is 0 Å². The summed E-state index contributed by atoms with van der Waals surface area (Å²) in [5, 5.41) is 20.7. The van der Waals surface area contributed by atoms with E-state index in [1.54, 1.807) is 24.3 Å². The first-order valence-electron chi connectivity index (χ1n) is 9.68. The number of hydrogen-bond donors (Lipinski definition) is 3. The van der Waals surface area contributed by atoms with Crippen molar-refractivity contribution in [2.24, 2.45) is 0 Å². The van der Waals surface area contributed by atoms with Crippen molar-refractivity contribution >= 4 is 23.4 Å². The molecule has 2 aromatic rings. The van der Waals surface area contributed by atoms with Gasteiger partial charge in [0.15, 0.2) is 5.82 Å². The fourth-order valence-electron chi connectivity index (χ4n) is 3.60. The Bertz CT molecular complexity index is 797. The number of nitrogens with one attached hydrogen (secondary N) is 3. The maximum atomic E-state index is 12.9. The number of carbonyl (C=O) groups is 2. The van der Waals surface area contributed by atoms with Gasteiger partial charge in [0.2, 0.25) is 5.91 Å². The summed E-state index contributed by atoms with van der Waals surface area (Å²) in [6.45, 7) is 2.05. The Kier molecular flexibility index (Phi) is 6.97. The maximum absolute atomic E-state index is 12.9. The molecular weight excluding hydrogens is 380 g/mol. The number of tetrazole rings is 1. The minimum Gasteiger partial charge on any atom is -0.351 e. The second-order valence-corrected chi connectivity index (χ2v) is 7.54. The lowest BCUT2D eigenvalue weighted by Gasteiger charge is -2.23. The second-order valence-electron chi connectivity index (χ2n) is 7.10. The summed E-state index contributed by atoms with van der Waals surface area (Å²) in [5.74, 6) is 0.179. The fraction of sp³-hybridized carbons (Fsp3) is 0.526. The van der Waals surface area contributed by atoms with Crippen LogP contribution in [-0.2, 0) is 4.79 Å². The zero-order valence-electron chi connectivity index (χ0n) is 15.8. The van der Waals surface area contributed by atoms with Crippen LogP contribution in [0.5, 0.6) is 0 Å². The Balaban J connectivity index is 1.66. The van der Waals surface area contributed by atoms with Crippen LogP contribution >= 0.6 is 11.6 Å². The van der Waals surface area contributed by atoms with E-state index in [2.05, 4.69) is 38.2 Å². The summed E-state index contributed by atoms with van der Waals surface area (Å²) in [6, 6.07) is 6.04. The molecule has 0 aliphatic heterocycles. The number of amides is 2. The average Bonchev–Trinajstić information content (AvgIpc) is 3.36. The van der Waals surface area contributed by atoms with Crippen LogP contribution in [0.1, 0.15) is 67.5 Å². The zero-order valence-corrected chi connectivity index (χ0v) is 16.6. The molecule has 0 saturated heterocycles. The van der Waals surface area contributed by atoms with Gasteiger partial charge in [-0.25, -0.2) is 0 Å². The van der Waals surface area contributed by atoms with Crippen LogP contribution in [0, 0.1) is 0 Å². The molecule has 2 amide bonds. The molecule has 0 radical (unpaired) electrons. The molecular formula is C19H25ClN6O2. The lowest BCUT2D eigenvalue weighted by atomic mass is 10.0. The molecule has 3 N–H and O–H groups in total. The molecule has 1 aromatic carbocycles. The molecule has 0 bridgehead atoms. The van der Waals surface area contributed by atoms with Gasteiger partial charge in [-0.3, -0.25) is 9.59 Å². The van der Waals surface area contributed by atoms with Crippen molar-refractivity contribution in [3.8, 4) is 0 Å². The highest BCUT2D eigenvalue weighted by Crippen LogP contribution is 2.32. The second kappa shape index (κ2) is 9.64. The molecule has 0 unspecified atom stereocenters. The molecule has 3 rings (SSSR count).